The Morgan fingerprint density at radius 3 is 2.50 bits per heavy atom. The zero-order valence-electron chi connectivity index (χ0n) is 6.47. The second kappa shape index (κ2) is 2.88. The van der Waals surface area contributed by atoms with Gasteiger partial charge in [-0.1, -0.05) is 0 Å². The Balaban J connectivity index is 2.53. The first-order valence-corrected chi connectivity index (χ1v) is 3.12. The Morgan fingerprint density at radius 2 is 2.20 bits per heavy atom. The van der Waals surface area contributed by atoms with Crippen molar-refractivity contribution in [3.63, 3.8) is 0 Å². The molecule has 4 atom stereocenters. The summed E-state index contributed by atoms with van der Waals surface area (Å²) in [6.45, 7) is -0.325. The van der Waals surface area contributed by atoms with Crippen LogP contribution in [0.15, 0.2) is 0 Å². The van der Waals surface area contributed by atoms with Crippen molar-refractivity contribution in [3.8, 4) is 0 Å². The van der Waals surface area contributed by atoms with E-state index in [1.807, 2.05) is 0 Å². The van der Waals surface area contributed by atoms with Crippen molar-refractivity contribution in [2.24, 2.45) is 0 Å². The number of rotatable bonds is 2. The molecule has 1 aliphatic rings. The Morgan fingerprint density at radius 1 is 1.50 bits per heavy atom. The van der Waals surface area contributed by atoms with E-state index in [0.29, 0.717) is 0 Å². The Kier molecular flexibility index (Phi) is 1.90. The van der Waals surface area contributed by atoms with Gasteiger partial charge in [-0.2, -0.15) is 0 Å². The Bertz CT molecular complexity index is 118. The molecular weight excluding hydrogens is 135 g/mol. The molecule has 1 aliphatic heterocycles. The molecule has 4 nitrogen and oxygen atoms in total. The maximum atomic E-state index is 9.15. The molecule has 0 aromatic heterocycles. The molecule has 0 spiro atoms. The maximum absolute atomic E-state index is 9.15. The summed E-state index contributed by atoms with van der Waals surface area (Å²) in [6, 6.07) is -0.665. The van der Waals surface area contributed by atoms with E-state index >= 15 is 0 Å². The van der Waals surface area contributed by atoms with Crippen LogP contribution in [0.2, 0.25) is 0 Å². The largest absolute Gasteiger partial charge is 0.394 e. The molecule has 0 saturated carbocycles. The van der Waals surface area contributed by atoms with Crippen LogP contribution in [0.3, 0.4) is 0 Å². The first kappa shape index (κ1) is 6.60. The van der Waals surface area contributed by atoms with Crippen molar-refractivity contribution in [3.05, 3.63) is 0 Å². The molecule has 1 rings (SSSR count). The highest BCUT2D eigenvalue weighted by molar-refractivity contribution is 6.11. The lowest BCUT2D eigenvalue weighted by atomic mass is 9.93. The third-order valence-corrected chi connectivity index (χ3v) is 1.64. The quantitative estimate of drug-likeness (QED) is 0.364. The van der Waals surface area contributed by atoms with Crippen LogP contribution in [-0.2, 0) is 4.74 Å². The molecule has 0 aromatic carbocycles. The molecule has 58 valence electrons. The summed E-state index contributed by atoms with van der Waals surface area (Å²) in [5.74, 6) is 0. The van der Waals surface area contributed by atoms with Crippen LogP contribution < -0.4 is 0 Å². The highest BCUT2D eigenvalue weighted by Crippen LogP contribution is 2.18. The van der Waals surface area contributed by atoms with Gasteiger partial charge in [0, 0.05) is 0 Å². The third-order valence-electron chi connectivity index (χ3n) is 1.64. The fourth-order valence-electron chi connectivity index (χ4n) is 0.976. The van der Waals surface area contributed by atoms with E-state index in [-0.39, 0.29) is 14.4 Å². The van der Waals surface area contributed by atoms with Crippen LogP contribution in [0.25, 0.3) is 0 Å². The minimum Gasteiger partial charge on any atom is -0.394 e. The van der Waals surface area contributed by atoms with Gasteiger partial charge in [-0.25, -0.2) is 0 Å². The van der Waals surface area contributed by atoms with Crippen molar-refractivity contribution in [2.75, 3.05) is 6.61 Å². The number of aliphatic hydroxyl groups excluding tert-OH is 3. The molecule has 1 heterocycles. The number of hydrogen-bond donors (Lipinski definition) is 3. The minimum atomic E-state index is -1.06. The van der Waals surface area contributed by atoms with Crippen LogP contribution in [-0.4, -0.2) is 55.4 Å². The van der Waals surface area contributed by atoms with Crippen molar-refractivity contribution in [1.29, 1.82) is 1.34 Å². The van der Waals surface area contributed by atoms with E-state index in [4.69, 9.17) is 21.4 Å². The summed E-state index contributed by atoms with van der Waals surface area (Å²) in [4.78, 5) is 0. The third kappa shape index (κ3) is 1.18. The highest BCUT2D eigenvalue weighted by Gasteiger charge is 2.39. The second-order valence-electron chi connectivity index (χ2n) is 2.38. The van der Waals surface area contributed by atoms with Crippen molar-refractivity contribution in [2.45, 2.75) is 24.3 Å². The van der Waals surface area contributed by atoms with E-state index in [0.717, 1.165) is 0 Å². The van der Waals surface area contributed by atoms with Gasteiger partial charge in [-0.3, -0.25) is 0 Å². The lowest BCUT2D eigenvalue weighted by molar-refractivity contribution is -0.00875. The van der Waals surface area contributed by atoms with Crippen LogP contribution in [0.5, 0.6) is 0 Å². The Labute approximate surface area is 61.2 Å². The smallest absolute Gasteiger partial charge is 0.142 e. The van der Waals surface area contributed by atoms with Crippen molar-refractivity contribution in [1.82, 2.24) is 0 Å². The fraction of sp³-hybridized carbons (Fsp3) is 1.00. The molecule has 10 heavy (non-hydrogen) atoms. The summed E-state index contributed by atoms with van der Waals surface area (Å²) in [5, 5.41) is 26.9. The van der Waals surface area contributed by atoms with Gasteiger partial charge in [0.2, 0.25) is 0 Å². The lowest BCUT2D eigenvalue weighted by Gasteiger charge is -2.10. The van der Waals surface area contributed by atoms with Crippen LogP contribution in [0.1, 0.15) is 0 Å². The first-order chi connectivity index (χ1) is 5.20. The van der Waals surface area contributed by atoms with E-state index in [2.05, 4.69) is 0 Å². The second-order valence-corrected chi connectivity index (χ2v) is 2.38. The predicted molar refractivity (Wildman–Crippen MR) is 36.3 cm³/mol. The molecule has 1 fully saturated rings. The zero-order chi connectivity index (χ0) is 8.43. The molecule has 3 N–H and O–H groups in total. The molecule has 2 unspecified atom stereocenters. The summed E-state index contributed by atoms with van der Waals surface area (Å²) in [5.41, 5.74) is 0. The molecule has 0 bridgehead atoms. The van der Waals surface area contributed by atoms with E-state index in [9.17, 15) is 0 Å². The maximum Gasteiger partial charge on any atom is 0.142 e. The van der Waals surface area contributed by atoms with Gasteiger partial charge in [0.05, 0.1) is 12.6 Å². The molecule has 0 aliphatic carbocycles. The number of hydrogen-bond acceptors (Lipinski definition) is 4. The van der Waals surface area contributed by atoms with E-state index in [1.165, 1.54) is 0 Å². The molecule has 0 amide bonds. The number of ether oxygens (including phenoxy) is 1. The summed E-state index contributed by atoms with van der Waals surface area (Å²) >= 11 is 0. The summed E-state index contributed by atoms with van der Waals surface area (Å²) < 4.78 is 11.9. The SMILES string of the molecule is [1H]B[C@@H]1O[C@H](CO)C(O)C1O. The van der Waals surface area contributed by atoms with Crippen LogP contribution in [0, 0.1) is 0 Å². The topological polar surface area (TPSA) is 69.9 Å². The van der Waals surface area contributed by atoms with Gasteiger partial charge in [0.25, 0.3) is 0 Å². The average molecular weight is 146 g/mol. The molecule has 0 radical (unpaired) electrons. The van der Waals surface area contributed by atoms with Gasteiger partial charge >= 0.3 is 0 Å². The van der Waals surface area contributed by atoms with E-state index in [1.54, 1.807) is 0 Å². The van der Waals surface area contributed by atoms with Gasteiger partial charge in [0.15, 0.2) is 0 Å². The van der Waals surface area contributed by atoms with E-state index < -0.39 is 24.3 Å². The highest BCUT2D eigenvalue weighted by atomic mass is 16.5. The van der Waals surface area contributed by atoms with Gasteiger partial charge in [0.1, 0.15) is 26.1 Å². The minimum absolute atomic E-state index is 0.102. The number of aliphatic hydroxyl groups is 3. The monoisotopic (exact) mass is 146 g/mol. The lowest BCUT2D eigenvalue weighted by Crippen LogP contribution is -2.33. The summed E-state index contributed by atoms with van der Waals surface area (Å²) in [6.07, 6.45) is -2.83. The van der Waals surface area contributed by atoms with Gasteiger partial charge < -0.3 is 20.1 Å². The van der Waals surface area contributed by atoms with Crippen molar-refractivity contribution < 1.29 is 20.1 Å². The fourth-order valence-corrected chi connectivity index (χ4v) is 0.976. The van der Waals surface area contributed by atoms with Gasteiger partial charge in [-0.05, 0) is 1.34 Å². The zero-order valence-corrected chi connectivity index (χ0v) is 5.47. The standard InChI is InChI=1S/C5H11BO4/c6-5-4(9)3(8)2(1-7)10-5/h2-5,7-9H,1,6H2/t2-,3?,4?,5-/m1/s1/i6H. The van der Waals surface area contributed by atoms with Crippen LogP contribution >= 0.6 is 0 Å². The normalized spacial score (nSPS) is 48.9. The summed E-state index contributed by atoms with van der Waals surface area (Å²) in [7, 11) is -0.102. The van der Waals surface area contributed by atoms with Crippen molar-refractivity contribution >= 4 is 7.81 Å². The van der Waals surface area contributed by atoms with Crippen LogP contribution in [0.4, 0.5) is 0 Å². The van der Waals surface area contributed by atoms with Gasteiger partial charge in [-0.15, -0.1) is 0 Å². The molecule has 5 heteroatoms. The molecule has 1 saturated heterocycles. The Hall–Kier alpha value is -0.0951. The first-order valence-electron chi connectivity index (χ1n) is 3.83. The molecular formula is C5H11BO4. The predicted octanol–water partition coefficient (Wildman–Crippen LogP) is -2.94. The average Bonchev–Trinajstić information content (AvgIpc) is 2.30. The molecule has 0 aromatic rings.